The van der Waals surface area contributed by atoms with Crippen molar-refractivity contribution in [1.29, 1.82) is 0 Å². The zero-order chi connectivity index (χ0) is 26.1. The average Bonchev–Trinajstić information content (AvgIpc) is 2.69. The van der Waals surface area contributed by atoms with Crippen LogP contribution >= 0.6 is 0 Å². The van der Waals surface area contributed by atoms with Crippen LogP contribution in [0.25, 0.3) is 0 Å². The van der Waals surface area contributed by atoms with Gasteiger partial charge in [0.15, 0.2) is 0 Å². The van der Waals surface area contributed by atoms with E-state index in [1.54, 1.807) is 9.80 Å². The summed E-state index contributed by atoms with van der Waals surface area (Å²) < 4.78 is 29.8. The zero-order valence-corrected chi connectivity index (χ0v) is 20.3. The number of nitrogens with zero attached hydrogens (tertiary/aromatic N) is 4. The molecule has 1 atom stereocenters. The Kier molecular flexibility index (Phi) is 5.53. The summed E-state index contributed by atoms with van der Waals surface area (Å²) in [7, 11) is 0. The van der Waals surface area contributed by atoms with Crippen molar-refractivity contribution in [2.45, 2.75) is 50.1 Å². The molecule has 0 bridgehead atoms. The Morgan fingerprint density at radius 2 is 1.62 bits per heavy atom. The Balaban J connectivity index is 1.05. The van der Waals surface area contributed by atoms with Gasteiger partial charge in [0.1, 0.15) is 11.6 Å². The molecule has 5 fully saturated rings. The van der Waals surface area contributed by atoms with Crippen molar-refractivity contribution in [1.82, 2.24) is 20.0 Å². The quantitative estimate of drug-likeness (QED) is 0.591. The number of hydrogen-bond acceptors (Lipinski definition) is 5. The molecule has 1 aromatic rings. The molecule has 1 saturated carbocycles. The summed E-state index contributed by atoms with van der Waals surface area (Å²) >= 11 is 0. The smallest absolute Gasteiger partial charge is 0.408 e. The molecule has 1 unspecified atom stereocenters. The molecule has 5 aliphatic rings. The fraction of sp³-hybridized carbons (Fsp3) is 0.600. The van der Waals surface area contributed by atoms with E-state index < -0.39 is 35.5 Å². The normalized spacial score (nSPS) is 25.1. The molecule has 1 aliphatic carbocycles. The van der Waals surface area contributed by atoms with Gasteiger partial charge in [-0.1, -0.05) is 6.42 Å². The van der Waals surface area contributed by atoms with Gasteiger partial charge in [-0.2, -0.15) is 0 Å². The van der Waals surface area contributed by atoms with Crippen LogP contribution in [0.1, 0.15) is 43.6 Å². The maximum Gasteiger partial charge on any atom is 0.408 e. The van der Waals surface area contributed by atoms with Gasteiger partial charge in [0.2, 0.25) is 11.8 Å². The van der Waals surface area contributed by atoms with E-state index in [0.29, 0.717) is 18.5 Å². The molecule has 1 aromatic carbocycles. The van der Waals surface area contributed by atoms with Gasteiger partial charge >= 0.3 is 12.1 Å². The lowest BCUT2D eigenvalue weighted by molar-refractivity contribution is -0.134. The van der Waals surface area contributed by atoms with Crippen molar-refractivity contribution < 1.29 is 33.1 Å². The molecule has 6 rings (SSSR count). The molecule has 4 saturated heterocycles. The number of carbonyl (C=O) groups is 4. The van der Waals surface area contributed by atoms with E-state index in [1.807, 2.05) is 4.90 Å². The summed E-state index contributed by atoms with van der Waals surface area (Å²) in [5.41, 5.74) is 0.241. The van der Waals surface area contributed by atoms with E-state index in [0.717, 1.165) is 25.2 Å². The first kappa shape index (κ1) is 23.9. The Morgan fingerprint density at radius 1 is 1.00 bits per heavy atom. The number of hydrogen-bond donors (Lipinski definition) is 2. The zero-order valence-electron chi connectivity index (χ0n) is 20.3. The van der Waals surface area contributed by atoms with Gasteiger partial charge in [0.25, 0.3) is 0 Å². The van der Waals surface area contributed by atoms with Crippen molar-refractivity contribution in [3.8, 4) is 0 Å². The summed E-state index contributed by atoms with van der Waals surface area (Å²) in [6.45, 7) is 2.81. The molecule has 37 heavy (non-hydrogen) atoms. The molecule has 4 heterocycles. The van der Waals surface area contributed by atoms with Crippen molar-refractivity contribution in [2.24, 2.45) is 5.41 Å². The van der Waals surface area contributed by atoms with Gasteiger partial charge in [-0.25, -0.2) is 18.4 Å². The molecular formula is C25H29F2N5O5. The Morgan fingerprint density at radius 3 is 2.16 bits per heavy atom. The summed E-state index contributed by atoms with van der Waals surface area (Å²) in [6.07, 6.45) is 2.55. The molecule has 2 N–H and O–H groups in total. The van der Waals surface area contributed by atoms with Crippen molar-refractivity contribution >= 4 is 29.6 Å². The molecule has 12 heteroatoms. The highest BCUT2D eigenvalue weighted by atomic mass is 19.1. The molecule has 0 aromatic heterocycles. The summed E-state index contributed by atoms with van der Waals surface area (Å²) in [5.74, 6) is -3.99. The first-order chi connectivity index (χ1) is 17.6. The van der Waals surface area contributed by atoms with Crippen LogP contribution in [0.4, 0.5) is 24.1 Å². The van der Waals surface area contributed by atoms with E-state index in [-0.39, 0.29) is 55.3 Å². The second-order valence-electron chi connectivity index (χ2n) is 11.1. The van der Waals surface area contributed by atoms with Gasteiger partial charge in [-0.15, -0.1) is 0 Å². The van der Waals surface area contributed by atoms with Gasteiger partial charge in [0, 0.05) is 62.4 Å². The van der Waals surface area contributed by atoms with Gasteiger partial charge in [-0.3, -0.25) is 19.8 Å². The second kappa shape index (κ2) is 8.56. The third kappa shape index (κ3) is 3.97. The number of benzene rings is 1. The molecule has 198 valence electrons. The predicted molar refractivity (Wildman–Crippen MR) is 126 cm³/mol. The third-order valence-electron chi connectivity index (χ3n) is 8.76. The van der Waals surface area contributed by atoms with Crippen LogP contribution in [-0.4, -0.2) is 95.1 Å². The van der Waals surface area contributed by atoms with Gasteiger partial charge in [0.05, 0.1) is 18.0 Å². The highest BCUT2D eigenvalue weighted by molar-refractivity contribution is 6.01. The Labute approximate surface area is 212 Å². The van der Waals surface area contributed by atoms with Crippen LogP contribution in [0.3, 0.4) is 0 Å². The van der Waals surface area contributed by atoms with Gasteiger partial charge in [-0.05, 0) is 31.4 Å². The van der Waals surface area contributed by atoms with Crippen molar-refractivity contribution in [3.05, 3.63) is 29.3 Å². The van der Waals surface area contributed by atoms with Crippen LogP contribution in [0.15, 0.2) is 12.1 Å². The van der Waals surface area contributed by atoms with E-state index >= 15 is 0 Å². The molecular weight excluding hydrogens is 488 g/mol. The number of halogens is 2. The number of carbonyl (C=O) groups excluding carboxylic acids is 3. The number of urea groups is 1. The van der Waals surface area contributed by atoms with E-state index in [4.69, 9.17) is 0 Å². The molecule has 5 amide bonds. The monoisotopic (exact) mass is 517 g/mol. The van der Waals surface area contributed by atoms with Crippen LogP contribution in [0.2, 0.25) is 0 Å². The van der Waals surface area contributed by atoms with Gasteiger partial charge < -0.3 is 19.8 Å². The summed E-state index contributed by atoms with van der Waals surface area (Å²) in [6, 6.07) is 1.60. The number of rotatable bonds is 4. The Hall–Kier alpha value is -3.44. The van der Waals surface area contributed by atoms with Crippen molar-refractivity contribution in [3.63, 3.8) is 0 Å². The van der Waals surface area contributed by atoms with Crippen LogP contribution in [0.5, 0.6) is 0 Å². The molecule has 1 spiro atoms. The average molecular weight is 518 g/mol. The second-order valence-corrected chi connectivity index (χ2v) is 11.1. The van der Waals surface area contributed by atoms with Crippen LogP contribution in [-0.2, 0) is 9.59 Å². The largest absolute Gasteiger partial charge is 0.465 e. The number of amides is 5. The van der Waals surface area contributed by atoms with E-state index in [2.05, 4.69) is 5.32 Å². The number of likely N-dealkylation sites (tertiary alicyclic amines) is 2. The van der Waals surface area contributed by atoms with E-state index in [9.17, 15) is 33.1 Å². The Bertz CT molecular complexity index is 1150. The fourth-order valence-corrected chi connectivity index (χ4v) is 6.39. The third-order valence-corrected chi connectivity index (χ3v) is 8.76. The minimum Gasteiger partial charge on any atom is -0.465 e. The minimum atomic E-state index is -1.08. The van der Waals surface area contributed by atoms with E-state index in [1.165, 1.54) is 24.2 Å². The number of imide groups is 1. The maximum absolute atomic E-state index is 14.9. The number of carboxylic acid groups (broad SMARTS) is 1. The molecule has 0 radical (unpaired) electrons. The number of anilines is 1. The topological polar surface area (TPSA) is 114 Å². The minimum absolute atomic E-state index is 0.0128. The molecule has 4 aliphatic heterocycles. The number of piperidine rings is 1. The number of nitrogens with one attached hydrogen (secondary N) is 1. The fourth-order valence-electron chi connectivity index (χ4n) is 6.39. The lowest BCUT2D eigenvalue weighted by Gasteiger charge is -2.58. The highest BCUT2D eigenvalue weighted by Crippen LogP contribution is 2.48. The first-order valence-corrected chi connectivity index (χ1v) is 12.8. The maximum atomic E-state index is 14.9. The molecule has 10 nitrogen and oxygen atoms in total. The SMILES string of the molecule is O=C1CCC(c2c(F)cc(N3CC(N(C(=O)O)C4CN(C(=O)N5CC6(CCC6)C5)C4)C3)cc2F)C(=O)N1. The lowest BCUT2D eigenvalue weighted by atomic mass is 9.64. The van der Waals surface area contributed by atoms with Crippen LogP contribution in [0, 0.1) is 17.0 Å². The first-order valence-electron chi connectivity index (χ1n) is 12.8. The lowest BCUT2D eigenvalue weighted by Crippen LogP contribution is -2.73. The summed E-state index contributed by atoms with van der Waals surface area (Å²) in [5, 5.41) is 11.9. The standard InChI is InChI=1S/C25H29F2N5O5/c26-18-6-14(7-19(27)21(18)17-2-3-20(33)28-22(17)34)29-8-15(9-29)32(24(36)37)16-10-30(11-16)23(35)31-12-25(13-31)4-1-5-25/h6-7,15-17H,1-5,8-13H2,(H,36,37)(H,28,33,34). The van der Waals surface area contributed by atoms with Crippen molar-refractivity contribution in [2.75, 3.05) is 44.2 Å². The highest BCUT2D eigenvalue weighted by Gasteiger charge is 2.52. The predicted octanol–water partition coefficient (Wildman–Crippen LogP) is 1.94. The summed E-state index contributed by atoms with van der Waals surface area (Å²) in [4.78, 5) is 54.7. The van der Waals surface area contributed by atoms with Crippen LogP contribution < -0.4 is 10.2 Å².